The van der Waals surface area contributed by atoms with Gasteiger partial charge in [-0.2, -0.15) is 0 Å². The van der Waals surface area contributed by atoms with Crippen molar-refractivity contribution in [3.05, 3.63) is 11.9 Å². The maximum absolute atomic E-state index is 5.96. The molecule has 4 nitrogen and oxygen atoms in total. The minimum absolute atomic E-state index is 0.0452. The Bertz CT molecular complexity index is 387. The van der Waals surface area contributed by atoms with Crippen molar-refractivity contribution >= 4 is 0 Å². The van der Waals surface area contributed by atoms with E-state index in [0.717, 1.165) is 36.4 Å². The van der Waals surface area contributed by atoms with Gasteiger partial charge in [-0.15, -0.1) is 5.10 Å². The lowest BCUT2D eigenvalue weighted by atomic mass is 9.89. The van der Waals surface area contributed by atoms with Gasteiger partial charge in [0.15, 0.2) is 0 Å². The Kier molecular flexibility index (Phi) is 2.90. The first-order chi connectivity index (χ1) is 8.26. The molecule has 0 aromatic carbocycles. The fraction of sp³-hybridized carbons (Fsp3) is 0.846. The van der Waals surface area contributed by atoms with Gasteiger partial charge in [-0.05, 0) is 43.4 Å². The summed E-state index contributed by atoms with van der Waals surface area (Å²) in [4.78, 5) is 0. The smallest absolute Gasteiger partial charge is 0.0993 e. The van der Waals surface area contributed by atoms with Crippen LogP contribution >= 0.6 is 0 Å². The average Bonchev–Trinajstić information content (AvgIpc) is 3.03. The molecule has 4 atom stereocenters. The van der Waals surface area contributed by atoms with Crippen molar-refractivity contribution < 1.29 is 0 Å². The fourth-order valence-electron chi connectivity index (χ4n) is 3.62. The van der Waals surface area contributed by atoms with Crippen LogP contribution in [0.15, 0.2) is 6.20 Å². The van der Waals surface area contributed by atoms with E-state index in [4.69, 9.17) is 5.73 Å². The summed E-state index contributed by atoms with van der Waals surface area (Å²) in [6.07, 6.45) is 8.73. The monoisotopic (exact) mass is 234 g/mol. The van der Waals surface area contributed by atoms with Crippen molar-refractivity contribution in [3.63, 3.8) is 0 Å². The molecule has 3 rings (SSSR count). The molecular formula is C13H22N4. The zero-order valence-electron chi connectivity index (χ0n) is 10.5. The van der Waals surface area contributed by atoms with E-state index in [2.05, 4.69) is 17.2 Å². The minimum atomic E-state index is 0.0452. The van der Waals surface area contributed by atoms with E-state index in [-0.39, 0.29) is 6.04 Å². The number of hydrogen-bond acceptors (Lipinski definition) is 3. The van der Waals surface area contributed by atoms with Gasteiger partial charge in [0, 0.05) is 6.54 Å². The number of rotatable bonds is 4. The molecule has 0 spiro atoms. The third kappa shape index (κ3) is 2.10. The first kappa shape index (κ1) is 11.2. The Hall–Kier alpha value is -0.900. The minimum Gasteiger partial charge on any atom is -0.323 e. The van der Waals surface area contributed by atoms with Crippen LogP contribution in [0.5, 0.6) is 0 Å². The van der Waals surface area contributed by atoms with E-state index in [1.54, 1.807) is 0 Å². The Morgan fingerprint density at radius 2 is 2.35 bits per heavy atom. The van der Waals surface area contributed by atoms with Crippen LogP contribution in [-0.2, 0) is 6.54 Å². The lowest BCUT2D eigenvalue weighted by Crippen LogP contribution is -2.17. The molecule has 2 fully saturated rings. The second-order valence-electron chi connectivity index (χ2n) is 5.82. The Labute approximate surface area is 103 Å². The predicted molar refractivity (Wildman–Crippen MR) is 66.2 cm³/mol. The van der Waals surface area contributed by atoms with Gasteiger partial charge in [-0.3, -0.25) is 4.68 Å². The molecule has 0 radical (unpaired) electrons. The molecule has 2 bridgehead atoms. The third-order valence-corrected chi connectivity index (χ3v) is 4.68. The van der Waals surface area contributed by atoms with Gasteiger partial charge in [-0.1, -0.05) is 18.6 Å². The molecule has 0 saturated heterocycles. The highest BCUT2D eigenvalue weighted by molar-refractivity contribution is 4.99. The second kappa shape index (κ2) is 4.41. The lowest BCUT2D eigenvalue weighted by molar-refractivity contribution is 0.283. The van der Waals surface area contributed by atoms with E-state index in [1.165, 1.54) is 25.7 Å². The Balaban J connectivity index is 1.63. The van der Waals surface area contributed by atoms with Crippen molar-refractivity contribution in [1.29, 1.82) is 0 Å². The molecule has 0 aliphatic heterocycles. The zero-order chi connectivity index (χ0) is 11.8. The van der Waals surface area contributed by atoms with Crippen LogP contribution in [0.4, 0.5) is 0 Å². The summed E-state index contributed by atoms with van der Waals surface area (Å²) in [5.74, 6) is 2.79. The molecule has 2 N–H and O–H groups in total. The molecule has 2 aliphatic carbocycles. The van der Waals surface area contributed by atoms with Gasteiger partial charge >= 0.3 is 0 Å². The fourth-order valence-corrected chi connectivity index (χ4v) is 3.62. The molecule has 1 aromatic heterocycles. The third-order valence-electron chi connectivity index (χ3n) is 4.68. The first-order valence-corrected chi connectivity index (χ1v) is 6.92. The molecule has 1 aromatic rings. The van der Waals surface area contributed by atoms with Crippen molar-refractivity contribution in [2.24, 2.45) is 23.5 Å². The Morgan fingerprint density at radius 1 is 1.47 bits per heavy atom. The van der Waals surface area contributed by atoms with Gasteiger partial charge in [-0.25, -0.2) is 0 Å². The van der Waals surface area contributed by atoms with Crippen LogP contribution in [-0.4, -0.2) is 15.0 Å². The summed E-state index contributed by atoms with van der Waals surface area (Å²) in [5.41, 5.74) is 6.90. The van der Waals surface area contributed by atoms with E-state index in [0.29, 0.717) is 0 Å². The van der Waals surface area contributed by atoms with Crippen molar-refractivity contribution in [3.8, 4) is 0 Å². The largest absolute Gasteiger partial charge is 0.323 e. The van der Waals surface area contributed by atoms with E-state index in [1.807, 2.05) is 10.9 Å². The highest BCUT2D eigenvalue weighted by atomic mass is 15.4. The summed E-state index contributed by atoms with van der Waals surface area (Å²) in [6, 6.07) is 0.0452. The lowest BCUT2D eigenvalue weighted by Gasteiger charge is -2.20. The van der Waals surface area contributed by atoms with Crippen LogP contribution < -0.4 is 5.73 Å². The van der Waals surface area contributed by atoms with E-state index < -0.39 is 0 Å². The quantitative estimate of drug-likeness (QED) is 0.868. The molecule has 0 amide bonds. The number of nitrogens with zero attached hydrogens (tertiary/aromatic N) is 3. The van der Waals surface area contributed by atoms with Gasteiger partial charge in [0.25, 0.3) is 0 Å². The van der Waals surface area contributed by atoms with Gasteiger partial charge in [0.2, 0.25) is 0 Å². The van der Waals surface area contributed by atoms with Crippen LogP contribution in [0.2, 0.25) is 0 Å². The molecule has 4 unspecified atom stereocenters. The van der Waals surface area contributed by atoms with Crippen LogP contribution in [0.3, 0.4) is 0 Å². The second-order valence-corrected chi connectivity index (χ2v) is 5.82. The molecule has 4 heteroatoms. The number of fused-ring (bicyclic) bond motifs is 2. The number of hydrogen-bond donors (Lipinski definition) is 1. The number of aromatic nitrogens is 3. The maximum atomic E-state index is 5.96. The molecule has 2 aliphatic rings. The van der Waals surface area contributed by atoms with Crippen LogP contribution in [0, 0.1) is 17.8 Å². The van der Waals surface area contributed by atoms with Crippen LogP contribution in [0.25, 0.3) is 0 Å². The SMILES string of the molecule is CCC(N)c1cn(CC2CC3CCC2C3)nn1. The Morgan fingerprint density at radius 3 is 3.00 bits per heavy atom. The van der Waals surface area contributed by atoms with Crippen molar-refractivity contribution in [1.82, 2.24) is 15.0 Å². The molecule has 17 heavy (non-hydrogen) atoms. The molecule has 94 valence electrons. The van der Waals surface area contributed by atoms with Gasteiger partial charge in [0.05, 0.1) is 17.9 Å². The average molecular weight is 234 g/mol. The maximum Gasteiger partial charge on any atom is 0.0993 e. The van der Waals surface area contributed by atoms with E-state index in [9.17, 15) is 0 Å². The highest BCUT2D eigenvalue weighted by Gasteiger charge is 2.39. The summed E-state index contributed by atoms with van der Waals surface area (Å²) < 4.78 is 2.01. The number of nitrogens with two attached hydrogens (primary N) is 1. The predicted octanol–water partition coefficient (Wildman–Crippen LogP) is 2.12. The van der Waals surface area contributed by atoms with Crippen molar-refractivity contribution in [2.75, 3.05) is 0 Å². The topological polar surface area (TPSA) is 56.7 Å². The normalized spacial score (nSPS) is 33.2. The molecular weight excluding hydrogens is 212 g/mol. The summed E-state index contributed by atoms with van der Waals surface area (Å²) >= 11 is 0. The van der Waals surface area contributed by atoms with E-state index >= 15 is 0 Å². The summed E-state index contributed by atoms with van der Waals surface area (Å²) in [7, 11) is 0. The van der Waals surface area contributed by atoms with Crippen molar-refractivity contribution in [2.45, 2.75) is 51.6 Å². The standard InChI is InChI=1S/C13H22N4/c1-2-12(14)13-8-17(16-15-13)7-11-6-9-3-4-10(11)5-9/h8-12H,2-7,14H2,1H3. The molecule has 1 heterocycles. The zero-order valence-corrected chi connectivity index (χ0v) is 10.5. The van der Waals surface area contributed by atoms with Crippen LogP contribution in [0.1, 0.15) is 50.8 Å². The summed E-state index contributed by atoms with van der Waals surface area (Å²) in [6.45, 7) is 3.13. The summed E-state index contributed by atoms with van der Waals surface area (Å²) in [5, 5.41) is 8.40. The molecule has 2 saturated carbocycles. The van der Waals surface area contributed by atoms with Gasteiger partial charge < -0.3 is 5.73 Å². The highest BCUT2D eigenvalue weighted by Crippen LogP contribution is 2.48. The van der Waals surface area contributed by atoms with Gasteiger partial charge in [0.1, 0.15) is 0 Å². The first-order valence-electron chi connectivity index (χ1n) is 6.92.